The Bertz CT molecular complexity index is 424. The van der Waals surface area contributed by atoms with E-state index in [0.29, 0.717) is 35.6 Å². The van der Waals surface area contributed by atoms with E-state index in [-0.39, 0.29) is 18.3 Å². The zero-order chi connectivity index (χ0) is 12.4. The topological polar surface area (TPSA) is 46.3 Å². The highest BCUT2D eigenvalue weighted by molar-refractivity contribution is 9.10. The fourth-order valence-electron chi connectivity index (χ4n) is 2.07. The van der Waals surface area contributed by atoms with E-state index in [1.54, 1.807) is 11.0 Å². The fourth-order valence-corrected chi connectivity index (χ4v) is 2.53. The highest BCUT2D eigenvalue weighted by atomic mass is 79.9. The van der Waals surface area contributed by atoms with Crippen molar-refractivity contribution in [3.63, 3.8) is 0 Å². The number of halogens is 3. The smallest absolute Gasteiger partial charge is 0.254 e. The Morgan fingerprint density at radius 2 is 2.22 bits per heavy atom. The molecule has 1 fully saturated rings. The van der Waals surface area contributed by atoms with Crippen LogP contribution in [0.4, 0.5) is 4.39 Å². The average molecular weight is 338 g/mol. The van der Waals surface area contributed by atoms with Gasteiger partial charge in [-0.15, -0.1) is 12.4 Å². The van der Waals surface area contributed by atoms with Crippen LogP contribution in [0, 0.1) is 11.7 Å². The molecule has 1 unspecified atom stereocenters. The number of benzene rings is 1. The van der Waals surface area contributed by atoms with Crippen molar-refractivity contribution in [3.8, 4) is 0 Å². The Morgan fingerprint density at radius 1 is 1.50 bits per heavy atom. The molecule has 2 rings (SSSR count). The second-order valence-electron chi connectivity index (χ2n) is 4.30. The molecule has 1 aliphatic heterocycles. The van der Waals surface area contributed by atoms with Crippen LogP contribution in [0.25, 0.3) is 0 Å². The van der Waals surface area contributed by atoms with Crippen LogP contribution in [0.3, 0.4) is 0 Å². The summed E-state index contributed by atoms with van der Waals surface area (Å²) >= 11 is 3.18. The van der Waals surface area contributed by atoms with Gasteiger partial charge in [0.25, 0.3) is 5.91 Å². The first-order chi connectivity index (χ1) is 8.10. The summed E-state index contributed by atoms with van der Waals surface area (Å²) in [6, 6.07) is 4.24. The first-order valence-corrected chi connectivity index (χ1v) is 6.35. The maximum Gasteiger partial charge on any atom is 0.254 e. The lowest BCUT2D eigenvalue weighted by atomic mass is 10.1. The van der Waals surface area contributed by atoms with E-state index < -0.39 is 5.82 Å². The third-order valence-corrected chi connectivity index (χ3v) is 3.47. The molecule has 1 aromatic carbocycles. The van der Waals surface area contributed by atoms with Gasteiger partial charge in [0.2, 0.25) is 0 Å². The van der Waals surface area contributed by atoms with E-state index in [1.807, 2.05) is 0 Å². The zero-order valence-electron chi connectivity index (χ0n) is 9.73. The number of carbonyl (C=O) groups is 1. The molecule has 1 saturated heterocycles. The van der Waals surface area contributed by atoms with Crippen molar-refractivity contribution in [2.75, 3.05) is 19.6 Å². The number of rotatable bonds is 2. The SMILES string of the molecule is Cl.NCC1CCN(C(=O)c2cc(F)cc(Br)c2)C1. The molecular formula is C12H15BrClFN2O. The molecule has 100 valence electrons. The van der Waals surface area contributed by atoms with Crippen LogP contribution in [-0.4, -0.2) is 30.4 Å². The van der Waals surface area contributed by atoms with Crippen molar-refractivity contribution in [2.24, 2.45) is 11.7 Å². The van der Waals surface area contributed by atoms with Crippen molar-refractivity contribution in [1.29, 1.82) is 0 Å². The average Bonchev–Trinajstić information content (AvgIpc) is 2.75. The maximum atomic E-state index is 13.2. The van der Waals surface area contributed by atoms with Crippen molar-refractivity contribution in [1.82, 2.24) is 4.90 Å². The first-order valence-electron chi connectivity index (χ1n) is 5.55. The molecule has 0 aromatic heterocycles. The van der Waals surface area contributed by atoms with Gasteiger partial charge in [0.05, 0.1) is 0 Å². The van der Waals surface area contributed by atoms with Crippen LogP contribution in [0.1, 0.15) is 16.8 Å². The summed E-state index contributed by atoms with van der Waals surface area (Å²) in [5, 5.41) is 0. The molecule has 1 aliphatic rings. The summed E-state index contributed by atoms with van der Waals surface area (Å²) in [6.07, 6.45) is 0.929. The first kappa shape index (κ1) is 15.4. The lowest BCUT2D eigenvalue weighted by Crippen LogP contribution is -2.29. The summed E-state index contributed by atoms with van der Waals surface area (Å²) in [5.74, 6) is -0.158. The fraction of sp³-hybridized carbons (Fsp3) is 0.417. The molecule has 1 heterocycles. The van der Waals surface area contributed by atoms with Crippen LogP contribution >= 0.6 is 28.3 Å². The molecule has 18 heavy (non-hydrogen) atoms. The summed E-state index contributed by atoms with van der Waals surface area (Å²) < 4.78 is 13.8. The largest absolute Gasteiger partial charge is 0.338 e. The van der Waals surface area contributed by atoms with E-state index in [0.717, 1.165) is 6.42 Å². The lowest BCUT2D eigenvalue weighted by molar-refractivity contribution is 0.0787. The minimum Gasteiger partial charge on any atom is -0.338 e. The van der Waals surface area contributed by atoms with Crippen LogP contribution in [0.5, 0.6) is 0 Å². The lowest BCUT2D eigenvalue weighted by Gasteiger charge is -2.16. The van der Waals surface area contributed by atoms with E-state index in [1.165, 1.54) is 12.1 Å². The van der Waals surface area contributed by atoms with Crippen LogP contribution < -0.4 is 5.73 Å². The van der Waals surface area contributed by atoms with Crippen molar-refractivity contribution < 1.29 is 9.18 Å². The number of nitrogens with zero attached hydrogens (tertiary/aromatic N) is 1. The molecule has 0 radical (unpaired) electrons. The van der Waals surface area contributed by atoms with Gasteiger partial charge in [-0.05, 0) is 37.1 Å². The Morgan fingerprint density at radius 3 is 2.78 bits per heavy atom. The van der Waals surface area contributed by atoms with Crippen molar-refractivity contribution in [2.45, 2.75) is 6.42 Å². The minimum atomic E-state index is -0.405. The van der Waals surface area contributed by atoms with Gasteiger partial charge in [-0.3, -0.25) is 4.79 Å². The van der Waals surface area contributed by atoms with Crippen LogP contribution in [0.15, 0.2) is 22.7 Å². The summed E-state index contributed by atoms with van der Waals surface area (Å²) in [7, 11) is 0. The molecule has 0 aliphatic carbocycles. The minimum absolute atomic E-state index is 0. The molecule has 1 amide bonds. The number of hydrogen-bond donors (Lipinski definition) is 1. The number of hydrogen-bond acceptors (Lipinski definition) is 2. The van der Waals surface area contributed by atoms with E-state index in [9.17, 15) is 9.18 Å². The standard InChI is InChI=1S/C12H14BrFN2O.ClH/c13-10-3-9(4-11(14)5-10)12(17)16-2-1-8(6-15)7-16;/h3-5,8H,1-2,6-7,15H2;1H. The van der Waals surface area contributed by atoms with Gasteiger partial charge in [-0.2, -0.15) is 0 Å². The number of amides is 1. The van der Waals surface area contributed by atoms with Crippen LogP contribution in [-0.2, 0) is 0 Å². The molecule has 2 N–H and O–H groups in total. The monoisotopic (exact) mass is 336 g/mol. The highest BCUT2D eigenvalue weighted by Gasteiger charge is 2.26. The number of nitrogens with two attached hydrogens (primary N) is 1. The van der Waals surface area contributed by atoms with Gasteiger partial charge in [0, 0.05) is 23.1 Å². The number of carbonyl (C=O) groups excluding carboxylic acids is 1. The summed E-state index contributed by atoms with van der Waals surface area (Å²) in [4.78, 5) is 13.8. The van der Waals surface area contributed by atoms with Gasteiger partial charge in [0.1, 0.15) is 5.82 Å². The summed E-state index contributed by atoms with van der Waals surface area (Å²) in [6.45, 7) is 1.97. The molecule has 1 atom stereocenters. The molecule has 0 bridgehead atoms. The third-order valence-electron chi connectivity index (χ3n) is 3.02. The van der Waals surface area contributed by atoms with Gasteiger partial charge in [-0.25, -0.2) is 4.39 Å². The van der Waals surface area contributed by atoms with Gasteiger partial charge < -0.3 is 10.6 Å². The van der Waals surface area contributed by atoms with E-state index in [2.05, 4.69) is 15.9 Å². The second-order valence-corrected chi connectivity index (χ2v) is 5.22. The maximum absolute atomic E-state index is 13.2. The van der Waals surface area contributed by atoms with Crippen LogP contribution in [0.2, 0.25) is 0 Å². The predicted molar refractivity (Wildman–Crippen MR) is 74.4 cm³/mol. The number of likely N-dealkylation sites (tertiary alicyclic amines) is 1. The molecule has 0 saturated carbocycles. The quantitative estimate of drug-likeness (QED) is 0.901. The highest BCUT2D eigenvalue weighted by Crippen LogP contribution is 2.20. The Hall–Kier alpha value is -0.650. The predicted octanol–water partition coefficient (Wildman–Crippen LogP) is 2.43. The normalized spacial score (nSPS) is 18.6. The Labute approximate surface area is 120 Å². The third kappa shape index (κ3) is 3.43. The molecule has 0 spiro atoms. The van der Waals surface area contributed by atoms with Gasteiger partial charge >= 0.3 is 0 Å². The molecular weight excluding hydrogens is 322 g/mol. The van der Waals surface area contributed by atoms with Crippen molar-refractivity contribution in [3.05, 3.63) is 34.1 Å². The zero-order valence-corrected chi connectivity index (χ0v) is 12.1. The van der Waals surface area contributed by atoms with E-state index >= 15 is 0 Å². The molecule has 6 heteroatoms. The second kappa shape index (κ2) is 6.50. The Balaban J connectivity index is 0.00000162. The molecule has 1 aromatic rings. The van der Waals surface area contributed by atoms with Gasteiger partial charge in [-0.1, -0.05) is 15.9 Å². The summed E-state index contributed by atoms with van der Waals surface area (Å²) in [5.41, 5.74) is 5.96. The molecule has 3 nitrogen and oxygen atoms in total. The van der Waals surface area contributed by atoms with Gasteiger partial charge in [0.15, 0.2) is 0 Å². The van der Waals surface area contributed by atoms with Crippen molar-refractivity contribution >= 4 is 34.2 Å². The Kier molecular flexibility index (Phi) is 5.56. The van der Waals surface area contributed by atoms with E-state index in [4.69, 9.17) is 5.73 Å².